The van der Waals surface area contributed by atoms with Crippen LogP contribution in [0.2, 0.25) is 0 Å². The van der Waals surface area contributed by atoms with E-state index in [0.717, 1.165) is 0 Å². The number of aliphatic hydroxyl groups excluding tert-OH is 11. The van der Waals surface area contributed by atoms with Crippen LogP contribution in [0.3, 0.4) is 0 Å². The third-order valence-corrected chi connectivity index (χ3v) is 6.27. The highest BCUT2D eigenvalue weighted by Crippen LogP contribution is 2.39. The minimum absolute atomic E-state index is 0.750. The molecule has 13 atom stereocenters. The summed E-state index contributed by atoms with van der Waals surface area (Å²) in [6, 6.07) is 0. The summed E-state index contributed by atoms with van der Waals surface area (Å²) in [5.74, 6) is -4.84. The van der Waals surface area contributed by atoms with Crippen molar-refractivity contribution in [3.8, 4) is 0 Å². The fraction of sp³-hybridized carbons (Fsp3) is 1.00. The summed E-state index contributed by atoms with van der Waals surface area (Å²) in [7, 11) is 0. The molecule has 3 heterocycles. The van der Waals surface area contributed by atoms with Crippen molar-refractivity contribution in [1.82, 2.24) is 0 Å². The Morgan fingerprint density at radius 1 is 0.588 bits per heavy atom. The SMILES string of the molecule is OCC1O[C@H](O[C@]2(CO[C@]3(CO)O[C@H](CO)C(O)C3O)O[C@H](CO)C(O)C2O)C(O)C(O)[C@@H]1O. The van der Waals surface area contributed by atoms with Crippen molar-refractivity contribution in [2.45, 2.75) is 78.9 Å². The zero-order valence-corrected chi connectivity index (χ0v) is 17.8. The van der Waals surface area contributed by atoms with Gasteiger partial charge < -0.3 is 79.9 Å². The number of hydrogen-bond donors (Lipinski definition) is 11. The molecule has 0 radical (unpaired) electrons. The van der Waals surface area contributed by atoms with Gasteiger partial charge >= 0.3 is 0 Å². The Labute approximate surface area is 192 Å². The second kappa shape index (κ2) is 10.8. The molecule has 0 aromatic rings. The Kier molecular flexibility index (Phi) is 8.85. The lowest BCUT2D eigenvalue weighted by Crippen LogP contribution is -2.63. The van der Waals surface area contributed by atoms with Crippen LogP contribution >= 0.6 is 0 Å². The summed E-state index contributed by atoms with van der Waals surface area (Å²) in [6.07, 6.45) is -19.0. The molecule has 16 nitrogen and oxygen atoms in total. The van der Waals surface area contributed by atoms with Gasteiger partial charge in [0, 0.05) is 0 Å². The minimum atomic E-state index is -2.49. The average molecular weight is 504 g/mol. The highest BCUT2D eigenvalue weighted by Gasteiger charge is 2.62. The molecule has 34 heavy (non-hydrogen) atoms. The predicted molar refractivity (Wildman–Crippen MR) is 101 cm³/mol. The first-order chi connectivity index (χ1) is 16.0. The maximum atomic E-state index is 10.7. The molecule has 7 unspecified atom stereocenters. The topological polar surface area (TPSA) is 269 Å². The van der Waals surface area contributed by atoms with E-state index in [1.165, 1.54) is 0 Å². The molecule has 3 aliphatic rings. The van der Waals surface area contributed by atoms with Crippen LogP contribution < -0.4 is 0 Å². The van der Waals surface area contributed by atoms with Gasteiger partial charge in [0.15, 0.2) is 6.29 Å². The van der Waals surface area contributed by atoms with Gasteiger partial charge in [-0.05, 0) is 0 Å². The monoisotopic (exact) mass is 504 g/mol. The van der Waals surface area contributed by atoms with E-state index < -0.39 is 112 Å². The number of aliphatic hydroxyl groups is 11. The Hall–Kier alpha value is -0.640. The molecule has 3 saturated heterocycles. The van der Waals surface area contributed by atoms with Crippen LogP contribution in [0.5, 0.6) is 0 Å². The van der Waals surface area contributed by atoms with Gasteiger partial charge in [-0.3, -0.25) is 0 Å². The molecule has 3 rings (SSSR count). The highest BCUT2D eigenvalue weighted by atomic mass is 16.8. The Bertz CT molecular complexity index is 668. The van der Waals surface area contributed by atoms with E-state index in [0.29, 0.717) is 0 Å². The summed E-state index contributed by atoms with van der Waals surface area (Å²) in [4.78, 5) is 0. The van der Waals surface area contributed by atoms with Crippen molar-refractivity contribution in [3.63, 3.8) is 0 Å². The van der Waals surface area contributed by atoms with Gasteiger partial charge in [0.05, 0.1) is 19.8 Å². The van der Waals surface area contributed by atoms with E-state index in [1.807, 2.05) is 0 Å². The van der Waals surface area contributed by atoms with Crippen LogP contribution in [0.15, 0.2) is 0 Å². The predicted octanol–water partition coefficient (Wildman–Crippen LogP) is -7.57. The summed E-state index contributed by atoms with van der Waals surface area (Å²) in [6.45, 7) is -4.40. The molecule has 11 N–H and O–H groups in total. The standard InChI is InChI=1S/C18H32O16/c19-1-6-9(23)12(26)13(27)16(31-6)34-18(15(29)11(25)8(3-21)33-18)5-30-17(4-22)14(28)10(24)7(2-20)32-17/h6-16,19-29H,1-5H2/t6?,7-,8-,9-,10?,11?,12?,13?,14?,15?,16-,17-,18+/m1/s1. The molecule has 3 aliphatic heterocycles. The third-order valence-electron chi connectivity index (χ3n) is 6.27. The van der Waals surface area contributed by atoms with Crippen molar-refractivity contribution >= 4 is 0 Å². The molecule has 3 fully saturated rings. The number of rotatable bonds is 9. The van der Waals surface area contributed by atoms with Crippen molar-refractivity contribution < 1.29 is 79.9 Å². The highest BCUT2D eigenvalue weighted by molar-refractivity contribution is 5.01. The average Bonchev–Trinajstić information content (AvgIpc) is 3.23. The lowest BCUT2D eigenvalue weighted by Gasteiger charge is -2.44. The molecular weight excluding hydrogens is 472 g/mol. The van der Waals surface area contributed by atoms with Crippen LogP contribution in [0.1, 0.15) is 0 Å². The summed E-state index contributed by atoms with van der Waals surface area (Å²) in [5.41, 5.74) is 0. The third kappa shape index (κ3) is 4.71. The first-order valence-electron chi connectivity index (χ1n) is 10.5. The molecule has 16 heteroatoms. The fourth-order valence-electron chi connectivity index (χ4n) is 4.14. The van der Waals surface area contributed by atoms with Gasteiger partial charge in [-0.2, -0.15) is 0 Å². The van der Waals surface area contributed by atoms with Crippen LogP contribution in [0, 0.1) is 0 Å². The van der Waals surface area contributed by atoms with Crippen molar-refractivity contribution in [2.24, 2.45) is 0 Å². The van der Waals surface area contributed by atoms with E-state index in [4.69, 9.17) is 23.7 Å². The largest absolute Gasteiger partial charge is 0.394 e. The Balaban J connectivity index is 1.87. The van der Waals surface area contributed by atoms with E-state index in [2.05, 4.69) is 0 Å². The molecule has 0 spiro atoms. The zero-order valence-electron chi connectivity index (χ0n) is 17.8. The van der Waals surface area contributed by atoms with E-state index in [9.17, 15) is 56.2 Å². The number of hydrogen-bond acceptors (Lipinski definition) is 16. The minimum Gasteiger partial charge on any atom is -0.394 e. The quantitative estimate of drug-likeness (QED) is 0.139. The van der Waals surface area contributed by atoms with E-state index in [1.54, 1.807) is 0 Å². The zero-order chi connectivity index (χ0) is 25.4. The number of ether oxygens (including phenoxy) is 5. The molecule has 0 aliphatic carbocycles. The van der Waals surface area contributed by atoms with Crippen molar-refractivity contribution in [2.75, 3.05) is 33.0 Å². The second-order valence-corrected chi connectivity index (χ2v) is 8.43. The van der Waals surface area contributed by atoms with Crippen molar-refractivity contribution in [3.05, 3.63) is 0 Å². The molecular formula is C18H32O16. The normalized spacial score (nSPS) is 51.8. The molecule has 0 saturated carbocycles. The lowest BCUT2D eigenvalue weighted by molar-refractivity contribution is -0.399. The van der Waals surface area contributed by atoms with Crippen LogP contribution in [0.4, 0.5) is 0 Å². The molecule has 0 amide bonds. The summed E-state index contributed by atoms with van der Waals surface area (Å²) >= 11 is 0. The molecule has 200 valence electrons. The van der Waals surface area contributed by atoms with Gasteiger partial charge in [-0.25, -0.2) is 0 Å². The Morgan fingerprint density at radius 3 is 1.56 bits per heavy atom. The summed E-state index contributed by atoms with van der Waals surface area (Å²) in [5, 5.41) is 109. The van der Waals surface area contributed by atoms with Gasteiger partial charge in [0.25, 0.3) is 0 Å². The maximum absolute atomic E-state index is 10.7. The molecule has 0 bridgehead atoms. The Morgan fingerprint density at radius 2 is 1.09 bits per heavy atom. The molecule has 0 aromatic carbocycles. The van der Waals surface area contributed by atoms with E-state index >= 15 is 0 Å². The lowest BCUT2D eigenvalue weighted by atomic mass is 9.99. The smallest absolute Gasteiger partial charge is 0.224 e. The first-order valence-corrected chi connectivity index (χ1v) is 10.5. The van der Waals surface area contributed by atoms with Crippen molar-refractivity contribution in [1.29, 1.82) is 0 Å². The fourth-order valence-corrected chi connectivity index (χ4v) is 4.14. The maximum Gasteiger partial charge on any atom is 0.224 e. The van der Waals surface area contributed by atoms with Gasteiger partial charge in [0.1, 0.15) is 74.3 Å². The van der Waals surface area contributed by atoms with Crippen LogP contribution in [-0.4, -0.2) is 168 Å². The van der Waals surface area contributed by atoms with Gasteiger partial charge in [0.2, 0.25) is 11.6 Å². The van der Waals surface area contributed by atoms with E-state index in [-0.39, 0.29) is 0 Å². The van der Waals surface area contributed by atoms with Gasteiger partial charge in [-0.15, -0.1) is 0 Å². The molecule has 0 aromatic heterocycles. The first kappa shape index (κ1) is 27.9. The summed E-state index contributed by atoms with van der Waals surface area (Å²) < 4.78 is 26.9. The van der Waals surface area contributed by atoms with Crippen LogP contribution in [-0.2, 0) is 23.7 Å². The second-order valence-electron chi connectivity index (χ2n) is 8.43. The van der Waals surface area contributed by atoms with Gasteiger partial charge in [-0.1, -0.05) is 0 Å². The van der Waals surface area contributed by atoms with Crippen LogP contribution in [0.25, 0.3) is 0 Å².